The smallest absolute Gasteiger partial charge is 0.335 e. The van der Waals surface area contributed by atoms with Crippen LogP contribution in [0.3, 0.4) is 0 Å². The number of hydrogen-bond donors (Lipinski definition) is 1. The molecule has 0 radical (unpaired) electrons. The van der Waals surface area contributed by atoms with Crippen molar-refractivity contribution in [3.05, 3.63) is 24.3 Å². The van der Waals surface area contributed by atoms with E-state index < -0.39 is 23.3 Å². The Kier molecular flexibility index (Phi) is 2.74. The van der Waals surface area contributed by atoms with E-state index in [1.165, 1.54) is 0 Å². The zero-order valence-corrected chi connectivity index (χ0v) is 11.0. The first kappa shape index (κ1) is 12.7. The van der Waals surface area contributed by atoms with Crippen LogP contribution in [0.2, 0.25) is 0 Å². The summed E-state index contributed by atoms with van der Waals surface area (Å²) in [7, 11) is 0. The van der Waals surface area contributed by atoms with Gasteiger partial charge in [0.2, 0.25) is 5.91 Å². The van der Waals surface area contributed by atoms with Crippen molar-refractivity contribution in [2.24, 2.45) is 5.41 Å². The summed E-state index contributed by atoms with van der Waals surface area (Å²) >= 11 is 0. The van der Waals surface area contributed by atoms with Gasteiger partial charge in [-0.25, -0.2) is 9.69 Å². The van der Waals surface area contributed by atoms with Crippen molar-refractivity contribution >= 4 is 23.5 Å². The molecule has 1 aliphatic carbocycles. The van der Waals surface area contributed by atoms with Gasteiger partial charge in [-0.3, -0.25) is 14.9 Å². The van der Waals surface area contributed by atoms with E-state index in [2.05, 4.69) is 5.32 Å². The number of barbiturate groups is 1. The Morgan fingerprint density at radius 2 is 1.85 bits per heavy atom. The van der Waals surface area contributed by atoms with Crippen molar-refractivity contribution in [3.63, 3.8) is 0 Å². The molecule has 1 N–H and O–H groups in total. The third-order valence-corrected chi connectivity index (χ3v) is 3.63. The number of amides is 4. The number of carbonyl (C=O) groups is 3. The Balaban J connectivity index is 1.90. The van der Waals surface area contributed by atoms with Gasteiger partial charge in [-0.2, -0.15) is 0 Å². The Hall–Kier alpha value is -2.37. The maximum Gasteiger partial charge on any atom is 0.335 e. The second-order valence-electron chi connectivity index (χ2n) is 4.91. The molecule has 20 heavy (non-hydrogen) atoms. The molecule has 6 heteroatoms. The molecule has 0 aromatic heterocycles. The molecular formula is C14H14N2O4. The molecule has 3 rings (SSSR count). The summed E-state index contributed by atoms with van der Waals surface area (Å²) in [6.07, 6.45) is 0.997. The number of imide groups is 2. The Morgan fingerprint density at radius 1 is 1.20 bits per heavy atom. The van der Waals surface area contributed by atoms with Crippen molar-refractivity contribution in [2.75, 3.05) is 11.5 Å². The van der Waals surface area contributed by atoms with Gasteiger partial charge in [0.15, 0.2) is 0 Å². The third-order valence-electron chi connectivity index (χ3n) is 3.63. The first-order valence-electron chi connectivity index (χ1n) is 6.51. The van der Waals surface area contributed by atoms with Gasteiger partial charge in [-0.05, 0) is 44.0 Å². The van der Waals surface area contributed by atoms with Gasteiger partial charge in [0.25, 0.3) is 5.91 Å². The third kappa shape index (κ3) is 1.76. The molecule has 4 amide bonds. The van der Waals surface area contributed by atoms with Crippen LogP contribution in [-0.2, 0) is 9.59 Å². The predicted octanol–water partition coefficient (Wildman–Crippen LogP) is 1.45. The molecule has 1 spiro atoms. The molecule has 1 aromatic rings. The van der Waals surface area contributed by atoms with E-state index in [1.54, 1.807) is 24.3 Å². The fourth-order valence-electron chi connectivity index (χ4n) is 2.33. The van der Waals surface area contributed by atoms with Gasteiger partial charge in [0, 0.05) is 0 Å². The highest BCUT2D eigenvalue weighted by Crippen LogP contribution is 2.49. The van der Waals surface area contributed by atoms with Crippen LogP contribution in [0.4, 0.5) is 10.5 Å². The fraction of sp³-hybridized carbons (Fsp3) is 0.357. The van der Waals surface area contributed by atoms with E-state index in [0.29, 0.717) is 30.9 Å². The van der Waals surface area contributed by atoms with E-state index in [1.807, 2.05) is 6.92 Å². The second-order valence-corrected chi connectivity index (χ2v) is 4.91. The summed E-state index contributed by atoms with van der Waals surface area (Å²) in [6, 6.07) is 5.95. The minimum absolute atomic E-state index is 0.435. The second kappa shape index (κ2) is 4.33. The SMILES string of the molecule is CCOc1ccc(N2C(=O)NC(=O)C3(CC3)C2=O)cc1. The van der Waals surface area contributed by atoms with Crippen LogP contribution in [0.25, 0.3) is 0 Å². The molecular weight excluding hydrogens is 260 g/mol. The van der Waals surface area contributed by atoms with Gasteiger partial charge < -0.3 is 4.74 Å². The molecule has 2 aliphatic rings. The fourth-order valence-corrected chi connectivity index (χ4v) is 2.33. The number of rotatable bonds is 3. The lowest BCUT2D eigenvalue weighted by atomic mass is 10.0. The average Bonchev–Trinajstić information content (AvgIpc) is 3.21. The maximum absolute atomic E-state index is 12.4. The molecule has 1 aromatic carbocycles. The Bertz CT molecular complexity index is 590. The average molecular weight is 274 g/mol. The van der Waals surface area contributed by atoms with Crippen LogP contribution >= 0.6 is 0 Å². The maximum atomic E-state index is 12.4. The van der Waals surface area contributed by atoms with Crippen molar-refractivity contribution in [1.82, 2.24) is 5.32 Å². The van der Waals surface area contributed by atoms with Gasteiger partial charge in [-0.1, -0.05) is 0 Å². The largest absolute Gasteiger partial charge is 0.494 e. The number of anilines is 1. The Labute approximate surface area is 115 Å². The number of urea groups is 1. The molecule has 1 heterocycles. The molecule has 0 unspecified atom stereocenters. The summed E-state index contributed by atoms with van der Waals surface area (Å²) in [4.78, 5) is 37.0. The van der Waals surface area contributed by atoms with Crippen LogP contribution in [0.15, 0.2) is 24.3 Å². The number of benzene rings is 1. The van der Waals surface area contributed by atoms with E-state index >= 15 is 0 Å². The molecule has 0 bridgehead atoms. The summed E-state index contributed by atoms with van der Waals surface area (Å²) in [5, 5.41) is 2.25. The molecule has 1 saturated heterocycles. The highest BCUT2D eigenvalue weighted by Gasteiger charge is 2.62. The van der Waals surface area contributed by atoms with Crippen molar-refractivity contribution in [1.29, 1.82) is 0 Å². The summed E-state index contributed by atoms with van der Waals surface area (Å²) in [5.41, 5.74) is -0.582. The number of nitrogens with zero attached hydrogens (tertiary/aromatic N) is 1. The molecule has 104 valence electrons. The standard InChI is InChI=1S/C14H14N2O4/c1-2-20-10-5-3-9(4-6-10)16-12(18)14(7-8-14)11(17)15-13(16)19/h3-6H,2,7-8H2,1H3,(H,15,17,19). The lowest BCUT2D eigenvalue weighted by molar-refractivity contribution is -0.136. The Morgan fingerprint density at radius 3 is 2.40 bits per heavy atom. The molecule has 1 aliphatic heterocycles. The normalized spacial score (nSPS) is 20.1. The summed E-state index contributed by atoms with van der Waals surface area (Å²) in [5.74, 6) is -0.247. The number of carbonyl (C=O) groups excluding carboxylic acids is 3. The van der Waals surface area contributed by atoms with Crippen LogP contribution in [0.5, 0.6) is 5.75 Å². The van der Waals surface area contributed by atoms with E-state index in [4.69, 9.17) is 4.74 Å². The molecule has 2 fully saturated rings. The summed E-state index contributed by atoms with van der Waals surface area (Å²) in [6.45, 7) is 2.41. The van der Waals surface area contributed by atoms with Crippen molar-refractivity contribution in [2.45, 2.75) is 19.8 Å². The highest BCUT2D eigenvalue weighted by molar-refractivity contribution is 6.31. The molecule has 6 nitrogen and oxygen atoms in total. The quantitative estimate of drug-likeness (QED) is 0.846. The van der Waals surface area contributed by atoms with E-state index in [-0.39, 0.29) is 0 Å². The summed E-state index contributed by atoms with van der Waals surface area (Å²) < 4.78 is 5.31. The van der Waals surface area contributed by atoms with Crippen LogP contribution in [0, 0.1) is 5.41 Å². The first-order valence-corrected chi connectivity index (χ1v) is 6.51. The number of ether oxygens (including phenoxy) is 1. The topological polar surface area (TPSA) is 75.7 Å². The van der Waals surface area contributed by atoms with E-state index in [0.717, 1.165) is 4.90 Å². The lowest BCUT2D eigenvalue weighted by Gasteiger charge is -2.30. The number of hydrogen-bond acceptors (Lipinski definition) is 4. The van der Waals surface area contributed by atoms with Gasteiger partial charge >= 0.3 is 6.03 Å². The van der Waals surface area contributed by atoms with Crippen molar-refractivity contribution < 1.29 is 19.1 Å². The van der Waals surface area contributed by atoms with Crippen LogP contribution in [-0.4, -0.2) is 24.5 Å². The van der Waals surface area contributed by atoms with Crippen LogP contribution in [0.1, 0.15) is 19.8 Å². The monoisotopic (exact) mass is 274 g/mol. The van der Waals surface area contributed by atoms with Gasteiger partial charge in [0.1, 0.15) is 11.2 Å². The first-order chi connectivity index (χ1) is 9.58. The van der Waals surface area contributed by atoms with E-state index in [9.17, 15) is 14.4 Å². The number of nitrogens with one attached hydrogen (secondary N) is 1. The highest BCUT2D eigenvalue weighted by atomic mass is 16.5. The lowest BCUT2D eigenvalue weighted by Crippen LogP contribution is -2.59. The predicted molar refractivity (Wildman–Crippen MR) is 70.3 cm³/mol. The van der Waals surface area contributed by atoms with Gasteiger partial charge in [-0.15, -0.1) is 0 Å². The minimum Gasteiger partial charge on any atom is -0.494 e. The zero-order valence-electron chi connectivity index (χ0n) is 11.0. The van der Waals surface area contributed by atoms with Crippen molar-refractivity contribution in [3.8, 4) is 5.75 Å². The molecule has 0 atom stereocenters. The minimum atomic E-state index is -1.02. The van der Waals surface area contributed by atoms with Crippen LogP contribution < -0.4 is 15.0 Å². The molecule has 1 saturated carbocycles. The van der Waals surface area contributed by atoms with Gasteiger partial charge in [0.05, 0.1) is 12.3 Å². The zero-order chi connectivity index (χ0) is 14.3.